The van der Waals surface area contributed by atoms with Crippen molar-refractivity contribution in [2.24, 2.45) is 0 Å². The van der Waals surface area contributed by atoms with E-state index < -0.39 is 17.6 Å². The molecule has 9 heteroatoms. The van der Waals surface area contributed by atoms with Crippen molar-refractivity contribution in [3.63, 3.8) is 0 Å². The monoisotopic (exact) mass is 419 g/mol. The molecule has 156 valence electrons. The molecule has 0 bridgehead atoms. The van der Waals surface area contributed by atoms with Crippen molar-refractivity contribution in [2.45, 2.75) is 19.6 Å². The Morgan fingerprint density at radius 2 is 1.70 bits per heavy atom. The summed E-state index contributed by atoms with van der Waals surface area (Å²) >= 11 is 0. The van der Waals surface area contributed by atoms with Crippen LogP contribution in [0.1, 0.15) is 16.8 Å². The van der Waals surface area contributed by atoms with E-state index in [4.69, 9.17) is 4.74 Å². The van der Waals surface area contributed by atoms with Gasteiger partial charge in [0.15, 0.2) is 12.4 Å². The minimum absolute atomic E-state index is 0.120. The molecule has 1 aromatic heterocycles. The highest BCUT2D eigenvalue weighted by molar-refractivity contribution is 5.77. The van der Waals surface area contributed by atoms with Gasteiger partial charge in [0.25, 0.3) is 5.91 Å². The van der Waals surface area contributed by atoms with Gasteiger partial charge in [-0.1, -0.05) is 24.3 Å². The zero-order valence-electron chi connectivity index (χ0n) is 15.8. The molecule has 0 saturated heterocycles. The number of carbonyl (C=O) groups excluding carboxylic acids is 1. The zero-order chi connectivity index (χ0) is 21.7. The lowest BCUT2D eigenvalue weighted by molar-refractivity contribution is -0.137. The van der Waals surface area contributed by atoms with Crippen LogP contribution in [-0.4, -0.2) is 22.5 Å². The molecule has 0 aliphatic heterocycles. The lowest BCUT2D eigenvalue weighted by atomic mass is 10.1. The fraction of sp³-hybridized carbons (Fsp3) is 0.190. The van der Waals surface area contributed by atoms with E-state index >= 15 is 0 Å². The number of benzene rings is 2. The van der Waals surface area contributed by atoms with Crippen LogP contribution in [0.5, 0.6) is 5.88 Å². The van der Waals surface area contributed by atoms with E-state index in [1.54, 1.807) is 19.1 Å². The third-order valence-electron chi connectivity index (χ3n) is 4.06. The summed E-state index contributed by atoms with van der Waals surface area (Å²) in [7, 11) is 0. The van der Waals surface area contributed by atoms with Crippen LogP contribution in [0.15, 0.2) is 54.6 Å². The van der Waals surface area contributed by atoms with Gasteiger partial charge >= 0.3 is 6.18 Å². The molecule has 1 heterocycles. The summed E-state index contributed by atoms with van der Waals surface area (Å²) < 4.78 is 56.4. The SMILES string of the molecule is Cc1cc(OCC(=O)NCc2ccc(F)cc2)nc(-c2ccc(C(F)(F)F)cc2)n1. The topological polar surface area (TPSA) is 64.1 Å². The Morgan fingerprint density at radius 1 is 1.03 bits per heavy atom. The Balaban J connectivity index is 1.62. The molecule has 0 spiro atoms. The number of rotatable bonds is 6. The highest BCUT2D eigenvalue weighted by atomic mass is 19.4. The van der Waals surface area contributed by atoms with Gasteiger partial charge in [-0.05, 0) is 36.8 Å². The van der Waals surface area contributed by atoms with E-state index in [0.29, 0.717) is 11.3 Å². The average Bonchev–Trinajstić information content (AvgIpc) is 2.71. The average molecular weight is 419 g/mol. The van der Waals surface area contributed by atoms with Gasteiger partial charge < -0.3 is 10.1 Å². The first-order valence-electron chi connectivity index (χ1n) is 8.88. The quantitative estimate of drug-likeness (QED) is 0.605. The Hall–Kier alpha value is -3.49. The van der Waals surface area contributed by atoms with Gasteiger partial charge in [-0.15, -0.1) is 0 Å². The number of aryl methyl sites for hydroxylation is 1. The largest absolute Gasteiger partial charge is 0.467 e. The number of nitrogens with one attached hydrogen (secondary N) is 1. The van der Waals surface area contributed by atoms with Crippen molar-refractivity contribution in [2.75, 3.05) is 6.61 Å². The fourth-order valence-electron chi connectivity index (χ4n) is 2.54. The van der Waals surface area contributed by atoms with E-state index in [9.17, 15) is 22.4 Å². The first-order chi connectivity index (χ1) is 14.2. The van der Waals surface area contributed by atoms with Crippen LogP contribution in [0.25, 0.3) is 11.4 Å². The van der Waals surface area contributed by atoms with Crippen molar-refractivity contribution in [3.05, 3.63) is 77.2 Å². The smallest absolute Gasteiger partial charge is 0.416 e. The van der Waals surface area contributed by atoms with Crippen LogP contribution in [0.2, 0.25) is 0 Å². The molecular weight excluding hydrogens is 402 g/mol. The van der Waals surface area contributed by atoms with E-state index in [1.807, 2.05) is 0 Å². The molecule has 1 amide bonds. The molecule has 0 fully saturated rings. The first-order valence-corrected chi connectivity index (χ1v) is 8.88. The van der Waals surface area contributed by atoms with Crippen molar-refractivity contribution >= 4 is 5.91 Å². The minimum atomic E-state index is -4.43. The number of nitrogens with zero attached hydrogens (tertiary/aromatic N) is 2. The molecule has 30 heavy (non-hydrogen) atoms. The zero-order valence-corrected chi connectivity index (χ0v) is 15.8. The summed E-state index contributed by atoms with van der Waals surface area (Å²) in [5.41, 5.74) is 0.874. The number of alkyl halides is 3. The second-order valence-electron chi connectivity index (χ2n) is 6.44. The summed E-state index contributed by atoms with van der Waals surface area (Å²) in [5.74, 6) is -0.470. The standard InChI is InChI=1S/C21H17F4N3O2/c1-13-10-19(30-12-18(29)26-11-14-2-8-17(22)9-3-14)28-20(27-13)15-4-6-16(7-5-15)21(23,24)25/h2-10H,11-12H2,1H3,(H,26,29). The van der Waals surface area contributed by atoms with Gasteiger partial charge in [0.1, 0.15) is 5.82 Å². The maximum absolute atomic E-state index is 12.9. The van der Waals surface area contributed by atoms with Crippen LogP contribution in [0.3, 0.4) is 0 Å². The van der Waals surface area contributed by atoms with Crippen LogP contribution in [0.4, 0.5) is 17.6 Å². The van der Waals surface area contributed by atoms with Gasteiger partial charge in [-0.3, -0.25) is 4.79 Å². The molecule has 2 aromatic carbocycles. The maximum atomic E-state index is 12.9. The van der Waals surface area contributed by atoms with Crippen molar-refractivity contribution in [1.82, 2.24) is 15.3 Å². The van der Waals surface area contributed by atoms with Crippen LogP contribution < -0.4 is 10.1 Å². The summed E-state index contributed by atoms with van der Waals surface area (Å²) in [4.78, 5) is 20.3. The lowest BCUT2D eigenvalue weighted by Gasteiger charge is -2.10. The first kappa shape index (κ1) is 21.2. The summed E-state index contributed by atoms with van der Waals surface area (Å²) in [6, 6.07) is 11.7. The van der Waals surface area contributed by atoms with Crippen LogP contribution in [0, 0.1) is 12.7 Å². The number of halogens is 4. The van der Waals surface area contributed by atoms with Gasteiger partial charge in [0, 0.05) is 23.9 Å². The minimum Gasteiger partial charge on any atom is -0.467 e. The molecule has 0 saturated carbocycles. The fourth-order valence-corrected chi connectivity index (χ4v) is 2.54. The van der Waals surface area contributed by atoms with E-state index in [-0.39, 0.29) is 30.7 Å². The van der Waals surface area contributed by atoms with Gasteiger partial charge in [-0.2, -0.15) is 18.2 Å². The second-order valence-corrected chi connectivity index (χ2v) is 6.44. The third-order valence-corrected chi connectivity index (χ3v) is 4.06. The predicted octanol–water partition coefficient (Wildman–Crippen LogP) is 4.31. The summed E-state index contributed by atoms with van der Waals surface area (Å²) in [6.45, 7) is 1.57. The highest BCUT2D eigenvalue weighted by Crippen LogP contribution is 2.30. The number of ether oxygens (including phenoxy) is 1. The van der Waals surface area contributed by atoms with E-state index in [1.165, 1.54) is 30.3 Å². The molecule has 0 aliphatic carbocycles. The molecular formula is C21H17F4N3O2. The van der Waals surface area contributed by atoms with Crippen molar-refractivity contribution < 1.29 is 27.1 Å². The third kappa shape index (κ3) is 5.76. The molecule has 3 rings (SSSR count). The Morgan fingerprint density at radius 3 is 2.33 bits per heavy atom. The molecule has 0 radical (unpaired) electrons. The Kier molecular flexibility index (Phi) is 6.29. The van der Waals surface area contributed by atoms with E-state index in [2.05, 4.69) is 15.3 Å². The second kappa shape index (κ2) is 8.89. The molecule has 0 atom stereocenters. The number of carbonyl (C=O) groups is 1. The predicted molar refractivity (Wildman–Crippen MR) is 101 cm³/mol. The molecule has 0 unspecified atom stereocenters. The van der Waals surface area contributed by atoms with Crippen molar-refractivity contribution in [3.8, 4) is 17.3 Å². The number of hydrogen-bond acceptors (Lipinski definition) is 4. The highest BCUT2D eigenvalue weighted by Gasteiger charge is 2.30. The summed E-state index contributed by atoms with van der Waals surface area (Å²) in [5, 5.41) is 2.63. The molecule has 5 nitrogen and oxygen atoms in total. The number of hydrogen-bond donors (Lipinski definition) is 1. The van der Waals surface area contributed by atoms with E-state index in [0.717, 1.165) is 17.7 Å². The summed E-state index contributed by atoms with van der Waals surface area (Å²) in [6.07, 6.45) is -4.43. The molecule has 0 aliphatic rings. The van der Waals surface area contributed by atoms with Gasteiger partial charge in [0.2, 0.25) is 5.88 Å². The Bertz CT molecular complexity index is 1020. The van der Waals surface area contributed by atoms with Crippen LogP contribution >= 0.6 is 0 Å². The normalized spacial score (nSPS) is 11.2. The lowest BCUT2D eigenvalue weighted by Crippen LogP contribution is -2.28. The maximum Gasteiger partial charge on any atom is 0.416 e. The van der Waals surface area contributed by atoms with Crippen LogP contribution in [-0.2, 0) is 17.5 Å². The molecule has 3 aromatic rings. The van der Waals surface area contributed by atoms with Crippen molar-refractivity contribution in [1.29, 1.82) is 0 Å². The van der Waals surface area contributed by atoms with Gasteiger partial charge in [0.05, 0.1) is 5.56 Å². The Labute approximate surface area is 169 Å². The van der Waals surface area contributed by atoms with Gasteiger partial charge in [-0.25, -0.2) is 9.37 Å². The number of aromatic nitrogens is 2. The molecule has 1 N–H and O–H groups in total. The number of amides is 1.